The number of pyridine rings is 1. The SMILES string of the molecule is Brc1ccc2oc(N3CCNC[C@H]3COc3cccnc3)nc2c1.Cl. The highest BCUT2D eigenvalue weighted by Gasteiger charge is 2.27. The molecule has 6 nitrogen and oxygen atoms in total. The van der Waals surface area contributed by atoms with Crippen LogP contribution in [-0.2, 0) is 0 Å². The number of benzene rings is 1. The Labute approximate surface area is 160 Å². The second kappa shape index (κ2) is 8.03. The summed E-state index contributed by atoms with van der Waals surface area (Å²) in [4.78, 5) is 10.9. The zero-order chi connectivity index (χ0) is 16.4. The Morgan fingerprint density at radius 1 is 1.36 bits per heavy atom. The number of halogens is 2. The third-order valence-electron chi connectivity index (χ3n) is 4.01. The number of fused-ring (bicyclic) bond motifs is 1. The van der Waals surface area contributed by atoms with Gasteiger partial charge in [0.25, 0.3) is 6.01 Å². The van der Waals surface area contributed by atoms with Gasteiger partial charge >= 0.3 is 0 Å². The Morgan fingerprint density at radius 3 is 3.12 bits per heavy atom. The highest BCUT2D eigenvalue weighted by Crippen LogP contribution is 2.26. The third kappa shape index (κ3) is 4.05. The summed E-state index contributed by atoms with van der Waals surface area (Å²) in [5.41, 5.74) is 1.64. The maximum Gasteiger partial charge on any atom is 0.298 e. The van der Waals surface area contributed by atoms with Crippen molar-refractivity contribution in [1.29, 1.82) is 0 Å². The number of ether oxygens (including phenoxy) is 1. The van der Waals surface area contributed by atoms with E-state index in [-0.39, 0.29) is 18.4 Å². The largest absolute Gasteiger partial charge is 0.490 e. The van der Waals surface area contributed by atoms with Gasteiger partial charge in [-0.2, -0.15) is 4.98 Å². The third-order valence-corrected chi connectivity index (χ3v) is 4.50. The van der Waals surface area contributed by atoms with Crippen LogP contribution in [0.3, 0.4) is 0 Å². The molecule has 1 aliphatic heterocycles. The van der Waals surface area contributed by atoms with E-state index in [2.05, 4.69) is 36.1 Å². The molecule has 1 N–H and O–H groups in total. The average molecular weight is 426 g/mol. The second-order valence-corrected chi connectivity index (χ2v) is 6.58. The van der Waals surface area contributed by atoms with Gasteiger partial charge in [-0.3, -0.25) is 4.98 Å². The quantitative estimate of drug-likeness (QED) is 0.692. The summed E-state index contributed by atoms with van der Waals surface area (Å²) in [6, 6.07) is 10.4. The molecule has 0 saturated carbocycles. The summed E-state index contributed by atoms with van der Waals surface area (Å²) in [7, 11) is 0. The van der Waals surface area contributed by atoms with Gasteiger partial charge in [-0.05, 0) is 30.3 Å². The first-order valence-electron chi connectivity index (χ1n) is 7.86. The lowest BCUT2D eigenvalue weighted by Crippen LogP contribution is -2.54. The van der Waals surface area contributed by atoms with Crippen LogP contribution in [0, 0.1) is 0 Å². The molecular formula is C17H18BrClN4O2. The molecule has 0 spiro atoms. The molecule has 3 aromatic rings. The van der Waals surface area contributed by atoms with Gasteiger partial charge in [0, 0.05) is 30.3 Å². The average Bonchev–Trinajstić information content (AvgIpc) is 3.04. The second-order valence-electron chi connectivity index (χ2n) is 5.66. The molecule has 8 heteroatoms. The highest BCUT2D eigenvalue weighted by atomic mass is 79.9. The topological polar surface area (TPSA) is 63.4 Å². The fourth-order valence-electron chi connectivity index (χ4n) is 2.80. The molecule has 1 aromatic carbocycles. The van der Waals surface area contributed by atoms with Crippen LogP contribution < -0.4 is 15.0 Å². The van der Waals surface area contributed by atoms with Gasteiger partial charge in [0.15, 0.2) is 5.58 Å². The smallest absolute Gasteiger partial charge is 0.298 e. The van der Waals surface area contributed by atoms with Crippen LogP contribution in [0.5, 0.6) is 5.75 Å². The van der Waals surface area contributed by atoms with Crippen molar-refractivity contribution >= 4 is 45.5 Å². The van der Waals surface area contributed by atoms with E-state index in [1.807, 2.05) is 30.3 Å². The van der Waals surface area contributed by atoms with Crippen LogP contribution in [0.2, 0.25) is 0 Å². The predicted octanol–water partition coefficient (Wildman–Crippen LogP) is 3.26. The molecule has 0 radical (unpaired) electrons. The van der Waals surface area contributed by atoms with Gasteiger partial charge in [0.1, 0.15) is 17.9 Å². The van der Waals surface area contributed by atoms with Crippen LogP contribution in [0.15, 0.2) is 51.6 Å². The van der Waals surface area contributed by atoms with Crippen molar-refractivity contribution in [3.05, 3.63) is 47.2 Å². The van der Waals surface area contributed by atoms with Gasteiger partial charge < -0.3 is 19.4 Å². The van der Waals surface area contributed by atoms with E-state index in [1.54, 1.807) is 12.4 Å². The molecule has 0 unspecified atom stereocenters. The van der Waals surface area contributed by atoms with Crippen molar-refractivity contribution < 1.29 is 9.15 Å². The van der Waals surface area contributed by atoms with E-state index in [4.69, 9.17) is 9.15 Å². The van der Waals surface area contributed by atoms with Gasteiger partial charge in [0.05, 0.1) is 12.2 Å². The lowest BCUT2D eigenvalue weighted by Gasteiger charge is -2.34. The molecule has 1 aliphatic rings. The number of rotatable bonds is 4. The number of piperazine rings is 1. The summed E-state index contributed by atoms with van der Waals surface area (Å²) in [5.74, 6) is 0.768. The summed E-state index contributed by atoms with van der Waals surface area (Å²) >= 11 is 3.47. The van der Waals surface area contributed by atoms with Crippen molar-refractivity contribution in [1.82, 2.24) is 15.3 Å². The molecule has 0 aliphatic carbocycles. The molecule has 3 heterocycles. The fourth-order valence-corrected chi connectivity index (χ4v) is 3.15. The van der Waals surface area contributed by atoms with Crippen molar-refractivity contribution in [3.8, 4) is 5.75 Å². The Hall–Kier alpha value is -1.83. The number of oxazole rings is 1. The van der Waals surface area contributed by atoms with Crippen LogP contribution in [0.1, 0.15) is 0 Å². The number of nitrogens with one attached hydrogen (secondary N) is 1. The Bertz CT molecular complexity index is 830. The monoisotopic (exact) mass is 424 g/mol. The standard InChI is InChI=1S/C17H17BrN4O2.ClH/c18-12-3-4-16-15(8-12)21-17(24-16)22-7-6-20-9-13(22)11-23-14-2-1-5-19-10-14;/h1-5,8,10,13,20H,6-7,9,11H2;1H/t13-;/m0./s1. The highest BCUT2D eigenvalue weighted by molar-refractivity contribution is 9.10. The lowest BCUT2D eigenvalue weighted by molar-refractivity contribution is 0.261. The summed E-state index contributed by atoms with van der Waals surface area (Å²) < 4.78 is 12.8. The summed E-state index contributed by atoms with van der Waals surface area (Å²) in [6.45, 7) is 3.09. The minimum atomic E-state index is 0. The van der Waals surface area contributed by atoms with Crippen molar-refractivity contribution in [2.24, 2.45) is 0 Å². The van der Waals surface area contributed by atoms with Gasteiger partial charge in [0.2, 0.25) is 0 Å². The van der Waals surface area contributed by atoms with Gasteiger partial charge in [-0.15, -0.1) is 12.4 Å². The van der Waals surface area contributed by atoms with E-state index in [1.165, 1.54) is 0 Å². The molecular weight excluding hydrogens is 408 g/mol. The summed E-state index contributed by atoms with van der Waals surface area (Å²) in [5, 5.41) is 3.40. The Morgan fingerprint density at radius 2 is 2.28 bits per heavy atom. The molecule has 0 amide bonds. The van der Waals surface area contributed by atoms with E-state index < -0.39 is 0 Å². The maximum absolute atomic E-state index is 5.94. The molecule has 0 bridgehead atoms. The number of hydrogen-bond acceptors (Lipinski definition) is 6. The van der Waals surface area contributed by atoms with Crippen LogP contribution in [0.4, 0.5) is 6.01 Å². The van der Waals surface area contributed by atoms with Gasteiger partial charge in [-0.25, -0.2) is 0 Å². The molecule has 4 rings (SSSR count). The molecule has 1 saturated heterocycles. The Kier molecular flexibility index (Phi) is 5.78. The number of aromatic nitrogens is 2. The zero-order valence-electron chi connectivity index (χ0n) is 13.4. The first-order valence-corrected chi connectivity index (χ1v) is 8.65. The van der Waals surface area contributed by atoms with Crippen molar-refractivity contribution in [2.45, 2.75) is 6.04 Å². The number of anilines is 1. The van der Waals surface area contributed by atoms with E-state index in [0.717, 1.165) is 41.0 Å². The van der Waals surface area contributed by atoms with Crippen molar-refractivity contribution in [3.63, 3.8) is 0 Å². The van der Waals surface area contributed by atoms with Crippen LogP contribution in [0.25, 0.3) is 11.1 Å². The van der Waals surface area contributed by atoms with Crippen LogP contribution in [-0.4, -0.2) is 42.3 Å². The first-order chi connectivity index (χ1) is 11.8. The molecule has 25 heavy (non-hydrogen) atoms. The number of hydrogen-bond donors (Lipinski definition) is 1. The van der Waals surface area contributed by atoms with E-state index >= 15 is 0 Å². The maximum atomic E-state index is 5.94. The molecule has 1 fully saturated rings. The molecule has 132 valence electrons. The fraction of sp³-hybridized carbons (Fsp3) is 0.294. The Balaban J connectivity index is 0.00000182. The van der Waals surface area contributed by atoms with E-state index in [9.17, 15) is 0 Å². The normalized spacial score (nSPS) is 17.3. The van der Waals surface area contributed by atoms with Gasteiger partial charge in [-0.1, -0.05) is 15.9 Å². The minimum Gasteiger partial charge on any atom is -0.490 e. The first kappa shape index (κ1) is 18.0. The summed E-state index contributed by atoms with van der Waals surface area (Å²) in [6.07, 6.45) is 3.45. The minimum absolute atomic E-state index is 0. The van der Waals surface area contributed by atoms with Crippen molar-refractivity contribution in [2.75, 3.05) is 31.1 Å². The predicted molar refractivity (Wildman–Crippen MR) is 103 cm³/mol. The lowest BCUT2D eigenvalue weighted by atomic mass is 10.2. The van der Waals surface area contributed by atoms with E-state index in [0.29, 0.717) is 12.6 Å². The number of nitrogens with zero attached hydrogens (tertiary/aromatic N) is 3. The zero-order valence-corrected chi connectivity index (χ0v) is 15.8. The van der Waals surface area contributed by atoms with Crippen LogP contribution >= 0.6 is 28.3 Å². The molecule has 1 atom stereocenters. The molecule has 2 aromatic heterocycles.